The van der Waals surface area contributed by atoms with Gasteiger partial charge in [-0.1, -0.05) is 18.7 Å². The third-order valence-corrected chi connectivity index (χ3v) is 5.89. The molecule has 0 aromatic carbocycles. The van der Waals surface area contributed by atoms with Gasteiger partial charge in [0, 0.05) is 13.2 Å². The third kappa shape index (κ3) is 3.94. The number of hydrogen-bond acceptors (Lipinski definition) is 7. The molecule has 0 spiro atoms. The van der Waals surface area contributed by atoms with Crippen molar-refractivity contribution >= 4 is 17.8 Å². The molecule has 2 saturated heterocycles. The second-order valence-corrected chi connectivity index (χ2v) is 7.75. The zero-order chi connectivity index (χ0) is 21.8. The van der Waals surface area contributed by atoms with Gasteiger partial charge in [0.2, 0.25) is 5.91 Å². The Hall–Kier alpha value is -2.45. The zero-order valence-electron chi connectivity index (χ0n) is 17.2. The summed E-state index contributed by atoms with van der Waals surface area (Å²) in [6.07, 6.45) is 3.85. The molecule has 0 saturated carbocycles. The monoisotopic (exact) mass is 419 g/mol. The molecule has 164 valence electrons. The first-order valence-corrected chi connectivity index (χ1v) is 10.3. The lowest BCUT2D eigenvalue weighted by molar-refractivity contribution is -0.177. The molecule has 5 atom stereocenters. The minimum atomic E-state index is -0.655. The van der Waals surface area contributed by atoms with Gasteiger partial charge in [-0.2, -0.15) is 0 Å². The van der Waals surface area contributed by atoms with Gasteiger partial charge in [0.25, 0.3) is 0 Å². The number of β-lactam (4-membered cyclic amide) rings is 1. The molecule has 8 nitrogen and oxygen atoms in total. The summed E-state index contributed by atoms with van der Waals surface area (Å²) < 4.78 is 16.7. The molecule has 3 heterocycles. The molecule has 1 amide bonds. The van der Waals surface area contributed by atoms with Gasteiger partial charge in [0.05, 0.1) is 18.4 Å². The topological polar surface area (TPSA) is 102 Å². The minimum Gasteiger partial charge on any atom is -0.461 e. The lowest BCUT2D eigenvalue weighted by Gasteiger charge is -2.47. The molecule has 30 heavy (non-hydrogen) atoms. The van der Waals surface area contributed by atoms with Crippen molar-refractivity contribution in [3.8, 4) is 0 Å². The first kappa shape index (κ1) is 22.2. The summed E-state index contributed by atoms with van der Waals surface area (Å²) in [6, 6.07) is -0.415. The Morgan fingerprint density at radius 1 is 1.37 bits per heavy atom. The van der Waals surface area contributed by atoms with Crippen LogP contribution in [0, 0.1) is 11.8 Å². The predicted molar refractivity (Wildman–Crippen MR) is 107 cm³/mol. The molecule has 2 fully saturated rings. The number of nitrogens with zero attached hydrogens (tertiary/aromatic N) is 1. The number of hydrogen-bond donors (Lipinski definition) is 1. The highest BCUT2D eigenvalue weighted by molar-refractivity contribution is 6.01. The van der Waals surface area contributed by atoms with E-state index in [2.05, 4.69) is 13.2 Å². The van der Waals surface area contributed by atoms with Crippen LogP contribution in [0.25, 0.3) is 0 Å². The van der Waals surface area contributed by atoms with Crippen LogP contribution in [0.1, 0.15) is 32.6 Å². The normalized spacial score (nSPS) is 28.2. The van der Waals surface area contributed by atoms with Crippen molar-refractivity contribution in [3.05, 3.63) is 36.6 Å². The number of rotatable bonds is 10. The highest BCUT2D eigenvalue weighted by atomic mass is 16.5. The zero-order valence-corrected chi connectivity index (χ0v) is 17.2. The van der Waals surface area contributed by atoms with E-state index in [1.165, 1.54) is 17.1 Å². The average Bonchev–Trinajstić information content (AvgIpc) is 3.01. The van der Waals surface area contributed by atoms with Crippen molar-refractivity contribution in [1.82, 2.24) is 4.90 Å². The summed E-state index contributed by atoms with van der Waals surface area (Å²) in [5.41, 5.74) is 0.995. The highest BCUT2D eigenvalue weighted by Gasteiger charge is 2.64. The maximum atomic E-state index is 13.0. The summed E-state index contributed by atoms with van der Waals surface area (Å²) in [6.45, 7) is 9.34. The molecule has 0 bridgehead atoms. The van der Waals surface area contributed by atoms with Crippen molar-refractivity contribution < 1.29 is 33.7 Å². The van der Waals surface area contributed by atoms with Gasteiger partial charge in [0.1, 0.15) is 24.5 Å². The largest absolute Gasteiger partial charge is 0.461 e. The Morgan fingerprint density at radius 3 is 2.80 bits per heavy atom. The van der Waals surface area contributed by atoms with E-state index in [1.54, 1.807) is 6.92 Å². The maximum Gasteiger partial charge on any atom is 0.355 e. The molecule has 0 aromatic heterocycles. The fourth-order valence-corrected chi connectivity index (χ4v) is 4.66. The highest BCUT2D eigenvalue weighted by Crippen LogP contribution is 2.50. The van der Waals surface area contributed by atoms with E-state index in [0.717, 1.165) is 5.57 Å². The van der Waals surface area contributed by atoms with Gasteiger partial charge < -0.3 is 19.3 Å². The molecule has 8 heteroatoms. The Morgan fingerprint density at radius 2 is 2.13 bits per heavy atom. The second-order valence-electron chi connectivity index (χ2n) is 7.75. The Labute approximate surface area is 176 Å². The predicted octanol–water partition coefficient (Wildman–Crippen LogP) is 1.50. The van der Waals surface area contributed by atoms with Gasteiger partial charge in [-0.15, -0.1) is 6.58 Å². The Balaban J connectivity index is 1.89. The van der Waals surface area contributed by atoms with Crippen LogP contribution >= 0.6 is 0 Å². The van der Waals surface area contributed by atoms with E-state index in [0.29, 0.717) is 25.9 Å². The van der Waals surface area contributed by atoms with Gasteiger partial charge >= 0.3 is 11.9 Å². The molecule has 0 radical (unpaired) electrons. The number of fused-ring (bicyclic) bond motifs is 3. The number of amides is 1. The number of ether oxygens (including phenoxy) is 3. The lowest BCUT2D eigenvalue weighted by atomic mass is 9.77. The molecule has 3 aliphatic heterocycles. The number of aliphatic hydroxyl groups excluding tert-OH is 1. The number of esters is 2. The first-order chi connectivity index (χ1) is 14.5. The van der Waals surface area contributed by atoms with Gasteiger partial charge in [0.15, 0.2) is 0 Å². The first-order valence-electron chi connectivity index (χ1n) is 10.3. The van der Waals surface area contributed by atoms with Crippen LogP contribution in [0.4, 0.5) is 0 Å². The summed E-state index contributed by atoms with van der Waals surface area (Å²) in [4.78, 5) is 39.2. The van der Waals surface area contributed by atoms with E-state index in [9.17, 15) is 19.5 Å². The number of carbonyl (C=O) groups is 3. The summed E-state index contributed by atoms with van der Waals surface area (Å²) in [5, 5.41) is 9.26. The lowest BCUT2D eigenvalue weighted by Crippen LogP contribution is -2.66. The van der Waals surface area contributed by atoms with Crippen molar-refractivity contribution in [2.24, 2.45) is 11.8 Å². The van der Waals surface area contributed by atoms with E-state index in [-0.39, 0.29) is 37.2 Å². The summed E-state index contributed by atoms with van der Waals surface area (Å²) in [5.74, 6) is -1.90. The van der Waals surface area contributed by atoms with E-state index >= 15 is 0 Å². The van der Waals surface area contributed by atoms with Crippen LogP contribution in [0.3, 0.4) is 0 Å². The maximum absolute atomic E-state index is 13.0. The van der Waals surface area contributed by atoms with Crippen LogP contribution in [0.5, 0.6) is 0 Å². The SMILES string of the molecule is C=CCOC(=O)C1=C2[C@@H](CCCO)CCO[C@@H]2[C@@H]2[C@@H]([C@@H](C)OC(=O)CC=C)C(=O)N12. The van der Waals surface area contributed by atoms with E-state index in [1.807, 2.05) is 0 Å². The van der Waals surface area contributed by atoms with Crippen molar-refractivity contribution in [2.45, 2.75) is 50.9 Å². The smallest absolute Gasteiger partial charge is 0.355 e. The molecule has 1 N–H and O–H groups in total. The molecular weight excluding hydrogens is 390 g/mol. The average molecular weight is 419 g/mol. The van der Waals surface area contributed by atoms with E-state index < -0.39 is 36.1 Å². The Bertz CT molecular complexity index is 759. The summed E-state index contributed by atoms with van der Waals surface area (Å²) in [7, 11) is 0. The summed E-state index contributed by atoms with van der Waals surface area (Å²) >= 11 is 0. The van der Waals surface area contributed by atoms with Crippen molar-refractivity contribution in [2.75, 3.05) is 19.8 Å². The van der Waals surface area contributed by atoms with Gasteiger partial charge in [-0.3, -0.25) is 14.5 Å². The van der Waals surface area contributed by atoms with Gasteiger partial charge in [-0.25, -0.2) is 4.79 Å². The van der Waals surface area contributed by atoms with Crippen LogP contribution < -0.4 is 0 Å². The van der Waals surface area contributed by atoms with Crippen molar-refractivity contribution in [3.63, 3.8) is 0 Å². The number of carbonyl (C=O) groups excluding carboxylic acids is 3. The molecule has 0 aliphatic carbocycles. The number of aliphatic hydroxyl groups is 1. The second kappa shape index (κ2) is 9.57. The van der Waals surface area contributed by atoms with E-state index in [4.69, 9.17) is 14.2 Å². The quantitative estimate of drug-likeness (QED) is 0.325. The molecule has 0 unspecified atom stereocenters. The fourth-order valence-electron chi connectivity index (χ4n) is 4.66. The Kier molecular flexibility index (Phi) is 7.10. The van der Waals surface area contributed by atoms with Crippen LogP contribution in [-0.2, 0) is 28.6 Å². The van der Waals surface area contributed by atoms with Crippen LogP contribution in [0.15, 0.2) is 36.6 Å². The minimum absolute atomic E-state index is 0.0138. The van der Waals surface area contributed by atoms with Crippen LogP contribution in [-0.4, -0.2) is 65.9 Å². The molecule has 3 aliphatic rings. The van der Waals surface area contributed by atoms with Gasteiger partial charge in [-0.05, 0) is 37.7 Å². The standard InChI is InChI=1S/C22H29NO7/c1-4-7-15(25)30-13(3)16-18-20-17(14(8-6-10-24)9-12-28-20)19(23(18)21(16)26)22(27)29-11-5-2/h4-5,13-14,16,18,20,24H,1-2,6-12H2,3H3/t13-,14+,16-,18+,20+/m1/s1. The molecule has 3 rings (SSSR count). The van der Waals surface area contributed by atoms with Crippen LogP contribution in [0.2, 0.25) is 0 Å². The fraction of sp³-hybridized carbons (Fsp3) is 0.591. The molecular formula is C22H29NO7. The van der Waals surface area contributed by atoms with Crippen molar-refractivity contribution in [1.29, 1.82) is 0 Å². The third-order valence-electron chi connectivity index (χ3n) is 5.89. The molecule has 0 aromatic rings.